The van der Waals surface area contributed by atoms with Crippen LogP contribution in [0.4, 0.5) is 5.69 Å². The molecule has 0 radical (unpaired) electrons. The minimum Gasteiger partial charge on any atom is -0.495 e. The molecule has 6 heteroatoms. The summed E-state index contributed by atoms with van der Waals surface area (Å²) in [6.07, 6.45) is 4.66. The summed E-state index contributed by atoms with van der Waals surface area (Å²) in [7, 11) is 1.61. The Morgan fingerprint density at radius 3 is 2.70 bits per heavy atom. The number of hydrogen-bond acceptors (Lipinski definition) is 5. The van der Waals surface area contributed by atoms with E-state index in [1.165, 1.54) is 12.8 Å². The molecule has 1 saturated carbocycles. The molecular formula is C14H19N5O. The van der Waals surface area contributed by atoms with Crippen LogP contribution in [0.5, 0.6) is 5.75 Å². The summed E-state index contributed by atoms with van der Waals surface area (Å²) in [6, 6.07) is 5.65. The quantitative estimate of drug-likeness (QED) is 0.867. The number of nitrogen functional groups attached to an aromatic ring is 1. The standard InChI is InChI=1S/C14H19N5O/c1-14(7-3-4-8-14)19-13(16-17-18-19)10-5-6-12(20-2)11(15)9-10/h5-6,9H,3-4,7-8,15H2,1-2H3. The van der Waals surface area contributed by atoms with Crippen molar-refractivity contribution in [1.82, 2.24) is 20.2 Å². The third-order valence-electron chi connectivity index (χ3n) is 4.15. The van der Waals surface area contributed by atoms with Crippen LogP contribution in [-0.4, -0.2) is 27.3 Å². The number of ether oxygens (including phenoxy) is 1. The number of rotatable bonds is 3. The number of hydrogen-bond donors (Lipinski definition) is 1. The monoisotopic (exact) mass is 273 g/mol. The average molecular weight is 273 g/mol. The fraction of sp³-hybridized carbons (Fsp3) is 0.500. The highest BCUT2D eigenvalue weighted by atomic mass is 16.5. The van der Waals surface area contributed by atoms with Crippen molar-refractivity contribution in [2.45, 2.75) is 38.1 Å². The lowest BCUT2D eigenvalue weighted by Gasteiger charge is -2.24. The second-order valence-corrected chi connectivity index (χ2v) is 5.58. The summed E-state index contributed by atoms with van der Waals surface area (Å²) in [5.74, 6) is 1.43. The zero-order valence-electron chi connectivity index (χ0n) is 11.8. The Hall–Kier alpha value is -2.11. The summed E-state index contributed by atoms with van der Waals surface area (Å²) >= 11 is 0. The maximum Gasteiger partial charge on any atom is 0.182 e. The smallest absolute Gasteiger partial charge is 0.182 e. The van der Waals surface area contributed by atoms with Gasteiger partial charge in [-0.05, 0) is 48.4 Å². The number of nitrogens with two attached hydrogens (primary N) is 1. The van der Waals surface area contributed by atoms with E-state index >= 15 is 0 Å². The van der Waals surface area contributed by atoms with E-state index in [4.69, 9.17) is 10.5 Å². The number of benzene rings is 1. The number of anilines is 1. The second kappa shape index (κ2) is 4.77. The molecule has 6 nitrogen and oxygen atoms in total. The largest absolute Gasteiger partial charge is 0.495 e. The Balaban J connectivity index is 2.03. The molecule has 2 N–H and O–H groups in total. The Morgan fingerprint density at radius 2 is 2.05 bits per heavy atom. The summed E-state index contributed by atoms with van der Waals surface area (Å²) in [6.45, 7) is 2.22. The number of aromatic nitrogens is 4. The first-order valence-electron chi connectivity index (χ1n) is 6.87. The summed E-state index contributed by atoms with van der Waals surface area (Å²) in [5, 5.41) is 12.2. The van der Waals surface area contributed by atoms with Gasteiger partial charge in [0.2, 0.25) is 0 Å². The van der Waals surface area contributed by atoms with Crippen LogP contribution in [0.1, 0.15) is 32.6 Å². The number of methoxy groups -OCH3 is 1. The molecule has 1 aromatic carbocycles. The topological polar surface area (TPSA) is 78.9 Å². The third kappa shape index (κ3) is 2.01. The zero-order valence-corrected chi connectivity index (χ0v) is 11.8. The van der Waals surface area contributed by atoms with Gasteiger partial charge in [0.1, 0.15) is 5.75 Å². The highest BCUT2D eigenvalue weighted by molar-refractivity contribution is 5.66. The van der Waals surface area contributed by atoms with Crippen molar-refractivity contribution in [2.75, 3.05) is 12.8 Å². The molecule has 106 valence electrons. The van der Waals surface area contributed by atoms with Crippen molar-refractivity contribution in [3.63, 3.8) is 0 Å². The van der Waals surface area contributed by atoms with Gasteiger partial charge in [-0.25, -0.2) is 4.68 Å². The Bertz CT molecular complexity index is 616. The van der Waals surface area contributed by atoms with Crippen molar-refractivity contribution in [1.29, 1.82) is 0 Å². The van der Waals surface area contributed by atoms with E-state index in [-0.39, 0.29) is 5.54 Å². The molecule has 1 aromatic heterocycles. The van der Waals surface area contributed by atoms with E-state index in [1.54, 1.807) is 7.11 Å². The van der Waals surface area contributed by atoms with E-state index in [0.29, 0.717) is 11.4 Å². The molecule has 0 aliphatic heterocycles. The summed E-state index contributed by atoms with van der Waals surface area (Å²) in [4.78, 5) is 0. The van der Waals surface area contributed by atoms with Gasteiger partial charge in [-0.2, -0.15) is 0 Å². The SMILES string of the molecule is COc1ccc(-c2nnnn2C2(C)CCCC2)cc1N. The van der Waals surface area contributed by atoms with Gasteiger partial charge in [-0.3, -0.25) is 0 Å². The van der Waals surface area contributed by atoms with Crippen molar-refractivity contribution in [3.8, 4) is 17.1 Å². The highest BCUT2D eigenvalue weighted by Crippen LogP contribution is 2.38. The number of tetrazole rings is 1. The van der Waals surface area contributed by atoms with Crippen LogP contribution in [0.2, 0.25) is 0 Å². The van der Waals surface area contributed by atoms with Crippen LogP contribution in [0.25, 0.3) is 11.4 Å². The Kier molecular flexibility index (Phi) is 3.08. The molecular weight excluding hydrogens is 254 g/mol. The molecule has 3 rings (SSSR count). The molecule has 1 heterocycles. The molecule has 1 aliphatic carbocycles. The summed E-state index contributed by atoms with van der Waals surface area (Å²) < 4.78 is 7.13. The van der Waals surface area contributed by atoms with Gasteiger partial charge in [-0.1, -0.05) is 12.8 Å². The lowest BCUT2D eigenvalue weighted by molar-refractivity contribution is 0.292. The first kappa shape index (κ1) is 12.9. The Morgan fingerprint density at radius 1 is 1.30 bits per heavy atom. The minimum atomic E-state index is 0.00746. The van der Waals surface area contributed by atoms with Gasteiger partial charge in [0.25, 0.3) is 0 Å². The van der Waals surface area contributed by atoms with E-state index in [0.717, 1.165) is 24.2 Å². The minimum absolute atomic E-state index is 0.00746. The molecule has 1 fully saturated rings. The maximum absolute atomic E-state index is 5.97. The molecule has 0 amide bonds. The number of nitrogens with zero attached hydrogens (tertiary/aromatic N) is 4. The van der Waals surface area contributed by atoms with Crippen LogP contribution < -0.4 is 10.5 Å². The zero-order chi connectivity index (χ0) is 14.2. The highest BCUT2D eigenvalue weighted by Gasteiger charge is 2.34. The second-order valence-electron chi connectivity index (χ2n) is 5.58. The predicted octanol–water partition coefficient (Wildman–Crippen LogP) is 2.22. The van der Waals surface area contributed by atoms with E-state index < -0.39 is 0 Å². The van der Waals surface area contributed by atoms with Crippen molar-refractivity contribution < 1.29 is 4.74 Å². The lowest BCUT2D eigenvalue weighted by atomic mass is 10.0. The van der Waals surface area contributed by atoms with E-state index in [1.807, 2.05) is 22.9 Å². The van der Waals surface area contributed by atoms with Crippen molar-refractivity contribution in [2.24, 2.45) is 0 Å². The van der Waals surface area contributed by atoms with Gasteiger partial charge < -0.3 is 10.5 Å². The van der Waals surface area contributed by atoms with Gasteiger partial charge in [-0.15, -0.1) is 5.10 Å². The molecule has 2 aromatic rings. The molecule has 0 saturated heterocycles. The van der Waals surface area contributed by atoms with Crippen molar-refractivity contribution in [3.05, 3.63) is 18.2 Å². The van der Waals surface area contributed by atoms with E-state index in [2.05, 4.69) is 22.4 Å². The molecule has 20 heavy (non-hydrogen) atoms. The first-order chi connectivity index (χ1) is 9.64. The van der Waals surface area contributed by atoms with Gasteiger partial charge in [0.15, 0.2) is 5.82 Å². The van der Waals surface area contributed by atoms with Crippen LogP contribution in [0.15, 0.2) is 18.2 Å². The van der Waals surface area contributed by atoms with Gasteiger partial charge in [0.05, 0.1) is 18.3 Å². The normalized spacial score (nSPS) is 17.3. The van der Waals surface area contributed by atoms with Crippen LogP contribution in [0.3, 0.4) is 0 Å². The van der Waals surface area contributed by atoms with Crippen molar-refractivity contribution >= 4 is 5.69 Å². The summed E-state index contributed by atoms with van der Waals surface area (Å²) in [5.41, 5.74) is 7.49. The van der Waals surface area contributed by atoms with Crippen LogP contribution in [0, 0.1) is 0 Å². The molecule has 0 unspecified atom stereocenters. The molecule has 0 spiro atoms. The predicted molar refractivity (Wildman–Crippen MR) is 76.3 cm³/mol. The molecule has 1 aliphatic rings. The lowest BCUT2D eigenvalue weighted by Crippen LogP contribution is -2.28. The fourth-order valence-corrected chi connectivity index (χ4v) is 2.95. The fourth-order valence-electron chi connectivity index (χ4n) is 2.95. The first-order valence-corrected chi connectivity index (χ1v) is 6.87. The van der Waals surface area contributed by atoms with Gasteiger partial charge >= 0.3 is 0 Å². The van der Waals surface area contributed by atoms with Crippen LogP contribution in [-0.2, 0) is 5.54 Å². The van der Waals surface area contributed by atoms with E-state index in [9.17, 15) is 0 Å². The maximum atomic E-state index is 5.97. The Labute approximate surface area is 117 Å². The molecule has 0 bridgehead atoms. The third-order valence-corrected chi connectivity index (χ3v) is 4.15. The average Bonchev–Trinajstić information content (AvgIpc) is 3.08. The van der Waals surface area contributed by atoms with Gasteiger partial charge in [0, 0.05) is 5.56 Å². The van der Waals surface area contributed by atoms with Crippen LogP contribution >= 0.6 is 0 Å². The molecule has 0 atom stereocenters.